The maximum absolute atomic E-state index is 13.6. The minimum absolute atomic E-state index is 0.244. The predicted octanol–water partition coefficient (Wildman–Crippen LogP) is 3.50. The SMILES string of the molecule is O=[N+]([O-])c1ccc(NCCOC2CCCCC2)c(F)c1. The number of anilines is 1. The van der Waals surface area contributed by atoms with E-state index in [9.17, 15) is 14.5 Å². The average Bonchev–Trinajstić information content (AvgIpc) is 2.46. The Kier molecular flexibility index (Phi) is 5.29. The van der Waals surface area contributed by atoms with Crippen LogP contribution in [0.4, 0.5) is 15.8 Å². The fourth-order valence-corrected chi connectivity index (χ4v) is 2.40. The number of nitrogens with zero attached hydrogens (tertiary/aromatic N) is 1. The second-order valence-electron chi connectivity index (χ2n) is 4.98. The molecule has 2 rings (SSSR count). The van der Waals surface area contributed by atoms with Crippen LogP contribution in [-0.2, 0) is 4.74 Å². The topological polar surface area (TPSA) is 64.4 Å². The highest BCUT2D eigenvalue weighted by Crippen LogP contribution is 2.21. The number of hydrogen-bond acceptors (Lipinski definition) is 4. The molecule has 110 valence electrons. The number of nitro groups is 1. The monoisotopic (exact) mass is 282 g/mol. The summed E-state index contributed by atoms with van der Waals surface area (Å²) in [6.07, 6.45) is 6.25. The fourth-order valence-electron chi connectivity index (χ4n) is 2.40. The van der Waals surface area contributed by atoms with E-state index in [1.165, 1.54) is 31.4 Å². The Morgan fingerprint density at radius 1 is 1.35 bits per heavy atom. The molecule has 0 radical (unpaired) electrons. The van der Waals surface area contributed by atoms with Gasteiger partial charge in [-0.25, -0.2) is 4.39 Å². The Morgan fingerprint density at radius 3 is 2.75 bits per heavy atom. The molecule has 1 N–H and O–H groups in total. The second kappa shape index (κ2) is 7.19. The van der Waals surface area contributed by atoms with Crippen molar-refractivity contribution < 1.29 is 14.1 Å². The van der Waals surface area contributed by atoms with E-state index in [2.05, 4.69) is 5.32 Å². The summed E-state index contributed by atoms with van der Waals surface area (Å²) in [7, 11) is 0. The van der Waals surface area contributed by atoms with Crippen LogP contribution in [0.5, 0.6) is 0 Å². The normalized spacial score (nSPS) is 16.1. The highest BCUT2D eigenvalue weighted by molar-refractivity contribution is 5.50. The van der Waals surface area contributed by atoms with Gasteiger partial charge < -0.3 is 10.1 Å². The molecule has 1 aliphatic rings. The van der Waals surface area contributed by atoms with E-state index < -0.39 is 10.7 Å². The molecule has 1 saturated carbocycles. The zero-order valence-corrected chi connectivity index (χ0v) is 11.3. The molecule has 1 fully saturated rings. The van der Waals surface area contributed by atoms with E-state index >= 15 is 0 Å². The molecule has 0 aliphatic heterocycles. The van der Waals surface area contributed by atoms with Gasteiger partial charge in [0.1, 0.15) is 0 Å². The summed E-state index contributed by atoms with van der Waals surface area (Å²) in [6.45, 7) is 1.01. The summed E-state index contributed by atoms with van der Waals surface area (Å²) in [5.74, 6) is -0.614. The van der Waals surface area contributed by atoms with E-state index in [4.69, 9.17) is 4.74 Å². The minimum Gasteiger partial charge on any atom is -0.380 e. The lowest BCUT2D eigenvalue weighted by atomic mass is 9.98. The number of halogens is 1. The molecule has 0 unspecified atom stereocenters. The molecule has 6 heteroatoms. The van der Waals surface area contributed by atoms with E-state index in [0.29, 0.717) is 19.3 Å². The molecule has 0 saturated heterocycles. The first-order chi connectivity index (χ1) is 9.66. The van der Waals surface area contributed by atoms with Crippen molar-refractivity contribution in [2.24, 2.45) is 0 Å². The number of nitrogens with one attached hydrogen (secondary N) is 1. The van der Waals surface area contributed by atoms with Crippen LogP contribution >= 0.6 is 0 Å². The Hall–Kier alpha value is -1.69. The van der Waals surface area contributed by atoms with Gasteiger partial charge >= 0.3 is 0 Å². The van der Waals surface area contributed by atoms with Crippen LogP contribution in [0.2, 0.25) is 0 Å². The van der Waals surface area contributed by atoms with Crippen LogP contribution in [0, 0.1) is 15.9 Å². The Labute approximate surface area is 117 Å². The third-order valence-corrected chi connectivity index (χ3v) is 3.49. The summed E-state index contributed by atoms with van der Waals surface area (Å²) < 4.78 is 19.3. The highest BCUT2D eigenvalue weighted by Gasteiger charge is 2.13. The van der Waals surface area contributed by atoms with Gasteiger partial charge in [0.05, 0.1) is 29.4 Å². The van der Waals surface area contributed by atoms with Gasteiger partial charge in [-0.05, 0) is 18.9 Å². The quantitative estimate of drug-likeness (QED) is 0.493. The maximum atomic E-state index is 13.6. The van der Waals surface area contributed by atoms with Crippen molar-refractivity contribution in [1.82, 2.24) is 0 Å². The van der Waals surface area contributed by atoms with Crippen molar-refractivity contribution in [3.05, 3.63) is 34.1 Å². The van der Waals surface area contributed by atoms with Crippen LogP contribution < -0.4 is 5.32 Å². The van der Waals surface area contributed by atoms with Crippen molar-refractivity contribution in [3.63, 3.8) is 0 Å². The molecule has 0 atom stereocenters. The average molecular weight is 282 g/mol. The van der Waals surface area contributed by atoms with Gasteiger partial charge in [-0.1, -0.05) is 19.3 Å². The number of non-ortho nitro benzene ring substituents is 1. The smallest absolute Gasteiger partial charge is 0.272 e. The lowest BCUT2D eigenvalue weighted by molar-refractivity contribution is -0.385. The van der Waals surface area contributed by atoms with Crippen LogP contribution in [-0.4, -0.2) is 24.2 Å². The molecule has 0 aromatic heterocycles. The maximum Gasteiger partial charge on any atom is 0.272 e. The molecule has 1 aromatic rings. The van der Waals surface area contributed by atoms with Gasteiger partial charge in [0.25, 0.3) is 5.69 Å². The first kappa shape index (κ1) is 14.7. The Morgan fingerprint density at radius 2 is 2.10 bits per heavy atom. The molecular weight excluding hydrogens is 263 g/mol. The van der Waals surface area contributed by atoms with Crippen LogP contribution in [0.25, 0.3) is 0 Å². The van der Waals surface area contributed by atoms with Gasteiger partial charge in [0.15, 0.2) is 5.82 Å². The van der Waals surface area contributed by atoms with E-state index in [0.717, 1.165) is 18.9 Å². The zero-order chi connectivity index (χ0) is 14.4. The molecule has 0 spiro atoms. The predicted molar refractivity (Wildman–Crippen MR) is 74.4 cm³/mol. The third-order valence-electron chi connectivity index (χ3n) is 3.49. The number of hydrogen-bond donors (Lipinski definition) is 1. The van der Waals surface area contributed by atoms with Crippen molar-refractivity contribution in [1.29, 1.82) is 0 Å². The largest absolute Gasteiger partial charge is 0.380 e. The first-order valence-corrected chi connectivity index (χ1v) is 6.96. The highest BCUT2D eigenvalue weighted by atomic mass is 19.1. The lowest BCUT2D eigenvalue weighted by Crippen LogP contribution is -2.20. The summed E-state index contributed by atoms with van der Waals surface area (Å²) in [5.41, 5.74) is 0.0225. The van der Waals surface area contributed by atoms with Gasteiger partial charge in [-0.15, -0.1) is 0 Å². The fraction of sp³-hybridized carbons (Fsp3) is 0.571. The van der Waals surface area contributed by atoms with Gasteiger partial charge in [0, 0.05) is 12.6 Å². The van der Waals surface area contributed by atoms with Crippen molar-refractivity contribution in [2.75, 3.05) is 18.5 Å². The molecule has 0 heterocycles. The third kappa shape index (κ3) is 4.16. The molecule has 0 amide bonds. The molecule has 0 bridgehead atoms. The molecular formula is C14H19FN2O3. The molecule has 5 nitrogen and oxygen atoms in total. The standard InChI is InChI=1S/C14H19FN2O3/c15-13-10-11(17(18)19)6-7-14(13)16-8-9-20-12-4-2-1-3-5-12/h6-7,10,12,16H,1-5,8-9H2. The first-order valence-electron chi connectivity index (χ1n) is 6.96. The summed E-state index contributed by atoms with van der Waals surface area (Å²) in [6, 6.07) is 3.59. The van der Waals surface area contributed by atoms with Crippen LogP contribution in [0.15, 0.2) is 18.2 Å². The van der Waals surface area contributed by atoms with Crippen LogP contribution in [0.3, 0.4) is 0 Å². The molecule has 1 aromatic carbocycles. The van der Waals surface area contributed by atoms with E-state index in [-0.39, 0.29) is 11.4 Å². The number of rotatable bonds is 6. The summed E-state index contributed by atoms with van der Waals surface area (Å²) in [5, 5.41) is 13.4. The number of benzene rings is 1. The van der Waals surface area contributed by atoms with E-state index in [1.807, 2.05) is 0 Å². The lowest BCUT2D eigenvalue weighted by Gasteiger charge is -2.22. The zero-order valence-electron chi connectivity index (χ0n) is 11.3. The van der Waals surface area contributed by atoms with Crippen LogP contribution in [0.1, 0.15) is 32.1 Å². The molecule has 20 heavy (non-hydrogen) atoms. The van der Waals surface area contributed by atoms with Crippen molar-refractivity contribution in [3.8, 4) is 0 Å². The van der Waals surface area contributed by atoms with Gasteiger partial charge in [0.2, 0.25) is 0 Å². The van der Waals surface area contributed by atoms with Crippen molar-refractivity contribution >= 4 is 11.4 Å². The van der Waals surface area contributed by atoms with Crippen molar-refractivity contribution in [2.45, 2.75) is 38.2 Å². The second-order valence-corrected chi connectivity index (χ2v) is 4.98. The van der Waals surface area contributed by atoms with Gasteiger partial charge in [-0.3, -0.25) is 10.1 Å². The summed E-state index contributed by atoms with van der Waals surface area (Å²) in [4.78, 5) is 9.89. The van der Waals surface area contributed by atoms with Gasteiger partial charge in [-0.2, -0.15) is 0 Å². The Bertz CT molecular complexity index is 462. The Balaban J connectivity index is 1.74. The number of nitro benzene ring substituents is 1. The molecule has 1 aliphatic carbocycles. The van der Waals surface area contributed by atoms with E-state index in [1.54, 1.807) is 0 Å². The number of ether oxygens (including phenoxy) is 1. The summed E-state index contributed by atoms with van der Waals surface area (Å²) >= 11 is 0. The minimum atomic E-state index is -0.614.